The molecule has 0 atom stereocenters. The minimum atomic E-state index is -0.920. The maximum Gasteiger partial charge on any atom is 0.328 e. The summed E-state index contributed by atoms with van der Waals surface area (Å²) in [5, 5.41) is 8.38. The van der Waals surface area contributed by atoms with E-state index in [2.05, 4.69) is 15.9 Å². The summed E-state index contributed by atoms with van der Waals surface area (Å²) in [5.74, 6) is -0.920. The number of aliphatic carboxylic acids is 1. The van der Waals surface area contributed by atoms with Crippen molar-refractivity contribution in [2.75, 3.05) is 0 Å². The lowest BCUT2D eigenvalue weighted by Crippen LogP contribution is -1.85. The largest absolute Gasteiger partial charge is 0.478 e. The van der Waals surface area contributed by atoms with E-state index in [1.54, 1.807) is 17.4 Å². The van der Waals surface area contributed by atoms with Gasteiger partial charge in [0.05, 0.1) is 3.79 Å². The van der Waals surface area contributed by atoms with Gasteiger partial charge in [0.1, 0.15) is 0 Å². The second-order valence-electron chi connectivity index (χ2n) is 2.23. The lowest BCUT2D eigenvalue weighted by molar-refractivity contribution is -0.131. The topological polar surface area (TPSA) is 37.3 Å². The van der Waals surface area contributed by atoms with Crippen LogP contribution in [0.1, 0.15) is 10.4 Å². The van der Waals surface area contributed by atoms with Crippen molar-refractivity contribution in [3.63, 3.8) is 0 Å². The van der Waals surface area contributed by atoms with Crippen LogP contribution in [0.4, 0.5) is 0 Å². The second kappa shape index (κ2) is 3.87. The summed E-state index contributed by atoms with van der Waals surface area (Å²) in [4.78, 5) is 11.3. The normalized spacial score (nSPS) is 10.8. The third-order valence-corrected chi connectivity index (χ3v) is 2.90. The molecule has 12 heavy (non-hydrogen) atoms. The van der Waals surface area contributed by atoms with Crippen molar-refractivity contribution >= 4 is 39.3 Å². The fourth-order valence-electron chi connectivity index (χ4n) is 0.785. The molecule has 0 aliphatic rings. The predicted molar refractivity (Wildman–Crippen MR) is 53.4 cm³/mol. The van der Waals surface area contributed by atoms with Crippen molar-refractivity contribution < 1.29 is 9.90 Å². The molecule has 0 aliphatic carbocycles. The maximum absolute atomic E-state index is 10.2. The van der Waals surface area contributed by atoms with Gasteiger partial charge in [-0.3, -0.25) is 0 Å². The van der Waals surface area contributed by atoms with Crippen molar-refractivity contribution in [1.82, 2.24) is 0 Å². The Bertz CT molecular complexity index is 328. The quantitative estimate of drug-likeness (QED) is 0.816. The van der Waals surface area contributed by atoms with Gasteiger partial charge < -0.3 is 5.11 Å². The summed E-state index contributed by atoms with van der Waals surface area (Å²) in [6.07, 6.45) is 2.74. The van der Waals surface area contributed by atoms with E-state index in [1.807, 2.05) is 13.0 Å². The molecule has 1 aromatic rings. The van der Waals surface area contributed by atoms with E-state index >= 15 is 0 Å². The van der Waals surface area contributed by atoms with Gasteiger partial charge in [-0.15, -0.1) is 11.3 Å². The average molecular weight is 247 g/mol. The van der Waals surface area contributed by atoms with E-state index in [0.717, 1.165) is 20.3 Å². The van der Waals surface area contributed by atoms with Gasteiger partial charge in [-0.25, -0.2) is 4.79 Å². The van der Waals surface area contributed by atoms with E-state index in [4.69, 9.17) is 5.11 Å². The number of carbonyl (C=O) groups is 1. The van der Waals surface area contributed by atoms with E-state index in [0.29, 0.717) is 0 Å². The van der Waals surface area contributed by atoms with Crippen LogP contribution in [0.15, 0.2) is 15.9 Å². The molecule has 0 aromatic carbocycles. The molecule has 64 valence electrons. The Kier molecular flexibility index (Phi) is 3.05. The first kappa shape index (κ1) is 9.48. The van der Waals surface area contributed by atoms with Crippen molar-refractivity contribution in [3.05, 3.63) is 26.4 Å². The van der Waals surface area contributed by atoms with Crippen molar-refractivity contribution in [2.45, 2.75) is 6.92 Å². The molecule has 0 amide bonds. The zero-order chi connectivity index (χ0) is 9.14. The van der Waals surface area contributed by atoms with Crippen molar-refractivity contribution in [2.24, 2.45) is 0 Å². The number of carboxylic acid groups (broad SMARTS) is 1. The minimum absolute atomic E-state index is 0.920. The molecule has 0 fully saturated rings. The molecule has 0 radical (unpaired) electrons. The predicted octanol–water partition coefficient (Wildman–Crippen LogP) is 2.92. The van der Waals surface area contributed by atoms with Gasteiger partial charge in [0.2, 0.25) is 0 Å². The molecule has 1 heterocycles. The number of rotatable bonds is 2. The Hall–Kier alpha value is -0.610. The van der Waals surface area contributed by atoms with Crippen LogP contribution in [0.25, 0.3) is 6.08 Å². The molecule has 1 N–H and O–H groups in total. The first-order valence-electron chi connectivity index (χ1n) is 3.26. The van der Waals surface area contributed by atoms with Gasteiger partial charge in [0.25, 0.3) is 0 Å². The van der Waals surface area contributed by atoms with Crippen LogP contribution in [-0.2, 0) is 4.79 Å². The molecule has 1 aromatic heterocycles. The standard InChI is InChI=1S/C8H7BrO2S/c1-5-6(2-3-8(10)11)4-7(9)12-5/h2-4H,1H3,(H,10,11)/b3-2+. The van der Waals surface area contributed by atoms with Gasteiger partial charge in [-0.1, -0.05) is 0 Å². The fourth-order valence-corrected chi connectivity index (χ4v) is 2.48. The van der Waals surface area contributed by atoms with E-state index in [9.17, 15) is 4.79 Å². The SMILES string of the molecule is Cc1sc(Br)cc1/C=C/C(=O)O. The average Bonchev–Trinajstić information content (AvgIpc) is 2.26. The van der Waals surface area contributed by atoms with Crippen molar-refractivity contribution in [3.8, 4) is 0 Å². The summed E-state index contributed by atoms with van der Waals surface area (Å²) in [7, 11) is 0. The Balaban J connectivity index is 2.89. The highest BCUT2D eigenvalue weighted by atomic mass is 79.9. The molecule has 0 aliphatic heterocycles. The van der Waals surface area contributed by atoms with Crippen molar-refractivity contribution in [1.29, 1.82) is 0 Å². The van der Waals surface area contributed by atoms with Gasteiger partial charge in [-0.2, -0.15) is 0 Å². The highest BCUT2D eigenvalue weighted by Crippen LogP contribution is 2.26. The number of carboxylic acids is 1. The van der Waals surface area contributed by atoms with Gasteiger partial charge in [0.15, 0.2) is 0 Å². The van der Waals surface area contributed by atoms with Crippen LogP contribution in [0.5, 0.6) is 0 Å². The molecular formula is C8H7BrO2S. The smallest absolute Gasteiger partial charge is 0.328 e. The molecule has 0 bridgehead atoms. The lowest BCUT2D eigenvalue weighted by atomic mass is 10.2. The Morgan fingerprint density at radius 3 is 2.83 bits per heavy atom. The van der Waals surface area contributed by atoms with Crippen LogP contribution >= 0.6 is 27.3 Å². The number of thiophene rings is 1. The Morgan fingerprint density at radius 1 is 1.75 bits per heavy atom. The highest BCUT2D eigenvalue weighted by molar-refractivity contribution is 9.11. The van der Waals surface area contributed by atoms with Gasteiger partial charge >= 0.3 is 5.97 Å². The van der Waals surface area contributed by atoms with Crippen LogP contribution in [-0.4, -0.2) is 11.1 Å². The molecule has 0 saturated carbocycles. The van der Waals surface area contributed by atoms with Crippen LogP contribution in [0.2, 0.25) is 0 Å². The zero-order valence-corrected chi connectivity index (χ0v) is 8.78. The molecule has 0 saturated heterocycles. The Morgan fingerprint density at radius 2 is 2.42 bits per heavy atom. The molecular weight excluding hydrogens is 240 g/mol. The summed E-state index contributed by atoms with van der Waals surface area (Å²) in [6, 6.07) is 1.90. The van der Waals surface area contributed by atoms with Crippen LogP contribution in [0.3, 0.4) is 0 Å². The number of aryl methyl sites for hydroxylation is 1. The third kappa shape index (κ3) is 2.46. The van der Waals surface area contributed by atoms with Gasteiger partial charge in [0, 0.05) is 11.0 Å². The first-order valence-corrected chi connectivity index (χ1v) is 4.87. The molecule has 0 spiro atoms. The maximum atomic E-state index is 10.2. The monoisotopic (exact) mass is 246 g/mol. The van der Waals surface area contributed by atoms with Gasteiger partial charge in [-0.05, 0) is 40.6 Å². The summed E-state index contributed by atoms with van der Waals surface area (Å²) in [6.45, 7) is 1.96. The third-order valence-electron chi connectivity index (χ3n) is 1.33. The lowest BCUT2D eigenvalue weighted by Gasteiger charge is -1.85. The van der Waals surface area contributed by atoms with E-state index in [-0.39, 0.29) is 0 Å². The number of halogens is 1. The van der Waals surface area contributed by atoms with Crippen LogP contribution < -0.4 is 0 Å². The van der Waals surface area contributed by atoms with E-state index < -0.39 is 5.97 Å². The number of hydrogen-bond acceptors (Lipinski definition) is 2. The summed E-state index contributed by atoms with van der Waals surface area (Å²) in [5.41, 5.74) is 0.953. The minimum Gasteiger partial charge on any atom is -0.478 e. The molecule has 0 unspecified atom stereocenters. The molecule has 1 rings (SSSR count). The Labute approximate surface area is 82.7 Å². The van der Waals surface area contributed by atoms with Crippen LogP contribution in [0, 0.1) is 6.92 Å². The molecule has 4 heteroatoms. The molecule has 2 nitrogen and oxygen atoms in total. The summed E-state index contributed by atoms with van der Waals surface area (Å²) >= 11 is 4.92. The number of hydrogen-bond donors (Lipinski definition) is 1. The van der Waals surface area contributed by atoms with E-state index in [1.165, 1.54) is 0 Å². The second-order valence-corrected chi connectivity index (χ2v) is 4.87. The summed E-state index contributed by atoms with van der Waals surface area (Å²) < 4.78 is 1.02. The zero-order valence-electron chi connectivity index (χ0n) is 6.37. The fraction of sp³-hybridized carbons (Fsp3) is 0.125. The first-order chi connectivity index (χ1) is 5.59. The highest BCUT2D eigenvalue weighted by Gasteiger charge is 1.99.